The Morgan fingerprint density at radius 3 is 3.00 bits per heavy atom. The summed E-state index contributed by atoms with van der Waals surface area (Å²) in [6.07, 6.45) is 0.181. The topological polar surface area (TPSA) is 48.8 Å². The van der Waals surface area contributed by atoms with E-state index in [0.717, 1.165) is 26.2 Å². The molecule has 2 aliphatic rings. The van der Waals surface area contributed by atoms with Crippen LogP contribution in [0.1, 0.15) is 0 Å². The van der Waals surface area contributed by atoms with E-state index in [1.807, 2.05) is 0 Å². The van der Waals surface area contributed by atoms with E-state index in [2.05, 4.69) is 11.0 Å². The Hall–Kier alpha value is -0.630. The maximum atomic E-state index is 8.63. The maximum absolute atomic E-state index is 8.63. The number of hydrogen-bond donors (Lipinski definition) is 0. The van der Waals surface area contributed by atoms with Crippen molar-refractivity contribution < 1.29 is 9.47 Å². The van der Waals surface area contributed by atoms with Crippen molar-refractivity contribution in [1.82, 2.24) is 4.90 Å². The Labute approximate surface area is 71.7 Å². The monoisotopic (exact) mass is 168 g/mol. The van der Waals surface area contributed by atoms with Gasteiger partial charge in [0.1, 0.15) is 0 Å². The minimum atomic E-state index is -0.238. The largest absolute Gasteiger partial charge is 0.372 e. The number of ether oxygens (including phenoxy) is 2. The van der Waals surface area contributed by atoms with Gasteiger partial charge < -0.3 is 9.47 Å². The van der Waals surface area contributed by atoms with Gasteiger partial charge in [-0.25, -0.2) is 0 Å². The molecular weight excluding hydrogens is 156 g/mol. The highest BCUT2D eigenvalue weighted by Gasteiger charge is 2.28. The van der Waals surface area contributed by atoms with Crippen molar-refractivity contribution in [2.75, 3.05) is 32.8 Å². The summed E-state index contributed by atoms with van der Waals surface area (Å²) in [6, 6.07) is 2.12. The Kier molecular flexibility index (Phi) is 2.26. The average Bonchev–Trinajstić information content (AvgIpc) is 2.89. The van der Waals surface area contributed by atoms with Crippen LogP contribution in [-0.2, 0) is 9.47 Å². The predicted octanol–water partition coefficient (Wildman–Crippen LogP) is -0.390. The zero-order valence-electron chi connectivity index (χ0n) is 6.90. The first-order valence-electron chi connectivity index (χ1n) is 4.23. The quantitative estimate of drug-likeness (QED) is 0.527. The van der Waals surface area contributed by atoms with E-state index in [1.54, 1.807) is 0 Å². The fraction of sp³-hybridized carbons (Fsp3) is 0.875. The molecule has 4 nitrogen and oxygen atoms in total. The van der Waals surface area contributed by atoms with E-state index in [9.17, 15) is 0 Å². The van der Waals surface area contributed by atoms with Crippen molar-refractivity contribution in [3.8, 4) is 6.07 Å². The zero-order valence-corrected chi connectivity index (χ0v) is 6.90. The van der Waals surface area contributed by atoms with Crippen LogP contribution in [0.15, 0.2) is 0 Å². The van der Waals surface area contributed by atoms with Gasteiger partial charge in [-0.05, 0) is 0 Å². The zero-order chi connectivity index (χ0) is 8.39. The summed E-state index contributed by atoms with van der Waals surface area (Å²) in [5, 5.41) is 8.63. The molecule has 0 spiro atoms. The molecule has 2 aliphatic heterocycles. The summed E-state index contributed by atoms with van der Waals surface area (Å²) < 4.78 is 10.3. The Balaban J connectivity index is 1.77. The molecule has 2 fully saturated rings. The minimum absolute atomic E-state index is 0.238. The van der Waals surface area contributed by atoms with Crippen molar-refractivity contribution in [3.63, 3.8) is 0 Å². The first kappa shape index (κ1) is 7.99. The van der Waals surface area contributed by atoms with Crippen molar-refractivity contribution in [2.24, 2.45) is 0 Å². The van der Waals surface area contributed by atoms with Crippen molar-refractivity contribution in [1.29, 1.82) is 5.26 Å². The number of nitriles is 1. The third-order valence-electron chi connectivity index (χ3n) is 2.16. The van der Waals surface area contributed by atoms with E-state index in [-0.39, 0.29) is 6.10 Å². The second-order valence-electron chi connectivity index (χ2n) is 3.20. The fourth-order valence-electron chi connectivity index (χ4n) is 1.41. The molecule has 0 aromatic rings. The van der Waals surface area contributed by atoms with Gasteiger partial charge in [-0.1, -0.05) is 0 Å². The number of rotatable bonds is 2. The van der Waals surface area contributed by atoms with Crippen LogP contribution in [0, 0.1) is 11.3 Å². The second kappa shape index (κ2) is 3.40. The average molecular weight is 168 g/mol. The summed E-state index contributed by atoms with van der Waals surface area (Å²) in [4.78, 5) is 2.23. The smallest absolute Gasteiger partial charge is 0.156 e. The van der Waals surface area contributed by atoms with Gasteiger partial charge in [0.25, 0.3) is 0 Å². The molecule has 0 aromatic heterocycles. The van der Waals surface area contributed by atoms with Gasteiger partial charge in [-0.15, -0.1) is 0 Å². The van der Waals surface area contributed by atoms with E-state index < -0.39 is 0 Å². The van der Waals surface area contributed by atoms with Crippen LogP contribution < -0.4 is 0 Å². The van der Waals surface area contributed by atoms with Crippen LogP contribution in [0.5, 0.6) is 0 Å². The van der Waals surface area contributed by atoms with Crippen molar-refractivity contribution in [2.45, 2.75) is 12.2 Å². The van der Waals surface area contributed by atoms with Crippen LogP contribution in [0.2, 0.25) is 0 Å². The van der Waals surface area contributed by atoms with Gasteiger partial charge in [0.2, 0.25) is 0 Å². The van der Waals surface area contributed by atoms with Crippen LogP contribution in [0.3, 0.4) is 0 Å². The maximum Gasteiger partial charge on any atom is 0.156 e. The Morgan fingerprint density at radius 1 is 1.50 bits per heavy atom. The lowest BCUT2D eigenvalue weighted by atomic mass is 10.3. The molecule has 0 bridgehead atoms. The highest BCUT2D eigenvalue weighted by atomic mass is 16.6. The lowest BCUT2D eigenvalue weighted by molar-refractivity contribution is -0.00152. The summed E-state index contributed by atoms with van der Waals surface area (Å²) in [5.74, 6) is 0. The van der Waals surface area contributed by atoms with Gasteiger partial charge in [0, 0.05) is 19.6 Å². The van der Waals surface area contributed by atoms with Crippen molar-refractivity contribution >= 4 is 0 Å². The lowest BCUT2D eigenvalue weighted by Gasteiger charge is -2.28. The highest BCUT2D eigenvalue weighted by molar-refractivity contribution is 4.90. The van der Waals surface area contributed by atoms with Gasteiger partial charge in [-0.3, -0.25) is 4.90 Å². The van der Waals surface area contributed by atoms with Crippen LogP contribution in [0.25, 0.3) is 0 Å². The predicted molar refractivity (Wildman–Crippen MR) is 41.5 cm³/mol. The number of hydrogen-bond acceptors (Lipinski definition) is 4. The summed E-state index contributed by atoms with van der Waals surface area (Å²) in [5.41, 5.74) is 0. The van der Waals surface area contributed by atoms with E-state index in [0.29, 0.717) is 12.7 Å². The molecule has 66 valence electrons. The van der Waals surface area contributed by atoms with Crippen molar-refractivity contribution in [3.05, 3.63) is 0 Å². The molecule has 2 atom stereocenters. The van der Waals surface area contributed by atoms with Gasteiger partial charge in [-0.2, -0.15) is 5.26 Å². The SMILES string of the molecule is N#CC1CN(C[C@H]2CO2)CCO1. The molecule has 12 heavy (non-hydrogen) atoms. The highest BCUT2D eigenvalue weighted by Crippen LogP contribution is 2.13. The number of epoxide rings is 1. The molecule has 0 aliphatic carbocycles. The summed E-state index contributed by atoms with van der Waals surface area (Å²) >= 11 is 0. The molecule has 0 amide bonds. The molecule has 2 heterocycles. The normalized spacial score (nSPS) is 35.9. The molecule has 4 heteroatoms. The summed E-state index contributed by atoms with van der Waals surface area (Å²) in [6.45, 7) is 4.18. The lowest BCUT2D eigenvalue weighted by Crippen LogP contribution is -2.43. The Morgan fingerprint density at radius 2 is 2.33 bits per heavy atom. The van der Waals surface area contributed by atoms with Crippen LogP contribution >= 0.6 is 0 Å². The fourth-order valence-corrected chi connectivity index (χ4v) is 1.41. The van der Waals surface area contributed by atoms with Gasteiger partial charge >= 0.3 is 0 Å². The first-order chi connectivity index (χ1) is 5.88. The molecule has 0 radical (unpaired) electrons. The second-order valence-corrected chi connectivity index (χ2v) is 3.20. The molecular formula is C8H12N2O2. The van der Waals surface area contributed by atoms with E-state index in [4.69, 9.17) is 14.7 Å². The van der Waals surface area contributed by atoms with E-state index in [1.165, 1.54) is 0 Å². The molecule has 0 aromatic carbocycles. The van der Waals surface area contributed by atoms with Crippen LogP contribution in [-0.4, -0.2) is 50.0 Å². The molecule has 2 saturated heterocycles. The number of nitrogens with zero attached hydrogens (tertiary/aromatic N) is 2. The van der Waals surface area contributed by atoms with Gasteiger partial charge in [0.15, 0.2) is 6.10 Å². The summed E-state index contributed by atoms with van der Waals surface area (Å²) in [7, 11) is 0. The first-order valence-corrected chi connectivity index (χ1v) is 4.23. The van der Waals surface area contributed by atoms with Crippen LogP contribution in [0.4, 0.5) is 0 Å². The van der Waals surface area contributed by atoms with E-state index >= 15 is 0 Å². The van der Waals surface area contributed by atoms with Gasteiger partial charge in [0.05, 0.1) is 25.4 Å². The number of morpholine rings is 1. The Bertz CT molecular complexity index is 198. The third-order valence-corrected chi connectivity index (χ3v) is 2.16. The standard InChI is InChI=1S/C8H12N2O2/c9-3-7-4-10(1-2-11-7)5-8-6-12-8/h7-8H,1-2,4-6H2/t7?,8-/m0/s1. The third kappa shape index (κ3) is 1.95. The molecule has 2 rings (SSSR count). The molecule has 0 N–H and O–H groups in total. The molecule has 0 saturated carbocycles. The minimum Gasteiger partial charge on any atom is -0.372 e. The molecule has 1 unspecified atom stereocenters.